The van der Waals surface area contributed by atoms with Gasteiger partial charge in [0.1, 0.15) is 5.69 Å². The van der Waals surface area contributed by atoms with Crippen LogP contribution in [0.5, 0.6) is 0 Å². The molecule has 0 bridgehead atoms. The summed E-state index contributed by atoms with van der Waals surface area (Å²) >= 11 is 0. The molecule has 1 amide bonds. The van der Waals surface area contributed by atoms with Crippen LogP contribution in [-0.2, 0) is 0 Å². The molecule has 8 nitrogen and oxygen atoms in total. The molecule has 2 heterocycles. The van der Waals surface area contributed by atoms with Gasteiger partial charge >= 0.3 is 11.8 Å². The summed E-state index contributed by atoms with van der Waals surface area (Å²) in [7, 11) is 0. The van der Waals surface area contributed by atoms with Gasteiger partial charge < -0.3 is 19.9 Å². The minimum absolute atomic E-state index is 0.206. The summed E-state index contributed by atoms with van der Waals surface area (Å²) in [5.74, 6) is 0. The lowest BCUT2D eigenvalue weighted by Gasteiger charge is -2.38. The quantitative estimate of drug-likeness (QED) is 0.611. The Morgan fingerprint density at radius 1 is 1.44 bits per heavy atom. The minimum Gasteiger partial charge on any atom is -0.465 e. The monoisotopic (exact) mass is 254 g/mol. The number of nitrogens with one attached hydrogen (secondary N) is 2. The molecule has 3 N–H and O–H groups in total. The number of carboxylic acid groups (broad SMARTS) is 1. The summed E-state index contributed by atoms with van der Waals surface area (Å²) in [6, 6.07) is -0.206. The fraction of sp³-hybridized carbons (Fsp3) is 0.500. The highest BCUT2D eigenvalue weighted by Crippen LogP contribution is 2.14. The first-order chi connectivity index (χ1) is 8.49. The highest BCUT2D eigenvalue weighted by Gasteiger charge is 2.28. The molecular formula is C10H14N4O4. The number of nitrogens with zero attached hydrogens (tertiary/aromatic N) is 2. The van der Waals surface area contributed by atoms with Gasteiger partial charge in [0.2, 0.25) is 0 Å². The lowest BCUT2D eigenvalue weighted by Crippen LogP contribution is -2.54. The molecule has 1 aliphatic rings. The zero-order valence-corrected chi connectivity index (χ0v) is 9.84. The molecular weight excluding hydrogens is 240 g/mol. The summed E-state index contributed by atoms with van der Waals surface area (Å²) in [5.41, 5.74) is -0.665. The third-order valence-electron chi connectivity index (χ3n) is 3.01. The molecule has 1 aromatic heterocycles. The number of hydrogen-bond donors (Lipinski definition) is 3. The lowest BCUT2D eigenvalue weighted by atomic mass is 10.2. The molecule has 98 valence electrons. The molecule has 0 spiro atoms. The van der Waals surface area contributed by atoms with Crippen LogP contribution in [0.2, 0.25) is 0 Å². The van der Waals surface area contributed by atoms with Crippen molar-refractivity contribution in [2.24, 2.45) is 0 Å². The molecule has 2 rings (SSSR count). The topological polar surface area (TPSA) is 110 Å². The zero-order valence-electron chi connectivity index (χ0n) is 9.84. The van der Waals surface area contributed by atoms with Crippen molar-refractivity contribution >= 4 is 11.8 Å². The second kappa shape index (κ2) is 4.55. The van der Waals surface area contributed by atoms with Crippen molar-refractivity contribution < 1.29 is 9.90 Å². The summed E-state index contributed by atoms with van der Waals surface area (Å²) in [6.07, 6.45) is 0.391. The van der Waals surface area contributed by atoms with Gasteiger partial charge in [0.05, 0.1) is 0 Å². The number of H-pyrrole nitrogens is 2. The summed E-state index contributed by atoms with van der Waals surface area (Å²) < 4.78 is 0. The van der Waals surface area contributed by atoms with Gasteiger partial charge in [0.25, 0.3) is 5.56 Å². The van der Waals surface area contributed by atoms with Crippen molar-refractivity contribution in [3.05, 3.63) is 27.0 Å². The van der Waals surface area contributed by atoms with E-state index in [-0.39, 0.29) is 6.04 Å². The highest BCUT2D eigenvalue weighted by atomic mass is 16.4. The second-order valence-corrected chi connectivity index (χ2v) is 4.23. The van der Waals surface area contributed by atoms with E-state index in [9.17, 15) is 14.4 Å². The molecule has 1 aromatic rings. The van der Waals surface area contributed by atoms with Crippen LogP contribution in [0.3, 0.4) is 0 Å². The van der Waals surface area contributed by atoms with Crippen molar-refractivity contribution in [1.82, 2.24) is 14.9 Å². The van der Waals surface area contributed by atoms with Gasteiger partial charge in [0.15, 0.2) is 0 Å². The first-order valence-corrected chi connectivity index (χ1v) is 5.55. The Labute approximate surface area is 102 Å². The van der Waals surface area contributed by atoms with Crippen LogP contribution in [0.15, 0.2) is 15.8 Å². The van der Waals surface area contributed by atoms with E-state index in [2.05, 4.69) is 9.97 Å². The Morgan fingerprint density at radius 2 is 2.17 bits per heavy atom. The van der Waals surface area contributed by atoms with Crippen LogP contribution in [0.4, 0.5) is 10.5 Å². The number of aromatic amines is 2. The molecule has 1 fully saturated rings. The van der Waals surface area contributed by atoms with Crippen LogP contribution < -0.4 is 16.1 Å². The van der Waals surface area contributed by atoms with E-state index >= 15 is 0 Å². The zero-order chi connectivity index (χ0) is 13.3. The predicted molar refractivity (Wildman–Crippen MR) is 64.1 cm³/mol. The number of aromatic nitrogens is 2. The van der Waals surface area contributed by atoms with Crippen molar-refractivity contribution in [2.45, 2.75) is 13.0 Å². The third-order valence-corrected chi connectivity index (χ3v) is 3.01. The number of hydrogen-bond acceptors (Lipinski definition) is 4. The van der Waals surface area contributed by atoms with Gasteiger partial charge in [-0.3, -0.25) is 9.78 Å². The Morgan fingerprint density at radius 3 is 2.72 bits per heavy atom. The van der Waals surface area contributed by atoms with Crippen LogP contribution >= 0.6 is 0 Å². The predicted octanol–water partition coefficient (Wildman–Crippen LogP) is -0.748. The van der Waals surface area contributed by atoms with Gasteiger partial charge in [-0.2, -0.15) is 0 Å². The smallest absolute Gasteiger partial charge is 0.407 e. The molecule has 0 aromatic carbocycles. The standard InChI is InChI=1S/C10H14N4O4/c1-6-5-13(2-3-14(6)10(17)18)7-4-11-9(16)12-8(7)15/h4,6H,2-3,5H2,1H3,(H,17,18)(H2,11,12,15,16)/t6-/m1/s1. The van der Waals surface area contributed by atoms with E-state index in [1.165, 1.54) is 11.1 Å². The Hall–Kier alpha value is -2.25. The SMILES string of the molecule is C[C@@H]1CN(c2c[nH]c(=O)[nH]c2=O)CCN1C(=O)O. The number of rotatable bonds is 1. The van der Waals surface area contributed by atoms with Crippen LogP contribution in [0.25, 0.3) is 0 Å². The van der Waals surface area contributed by atoms with Gasteiger partial charge in [-0.15, -0.1) is 0 Å². The van der Waals surface area contributed by atoms with Crippen molar-refractivity contribution in [3.63, 3.8) is 0 Å². The van der Waals surface area contributed by atoms with E-state index in [1.807, 2.05) is 0 Å². The number of amides is 1. The molecule has 8 heteroatoms. The van der Waals surface area contributed by atoms with Gasteiger partial charge in [-0.05, 0) is 6.92 Å². The molecule has 1 saturated heterocycles. The summed E-state index contributed by atoms with van der Waals surface area (Å²) in [4.78, 5) is 41.1. The maximum atomic E-state index is 11.6. The van der Waals surface area contributed by atoms with E-state index in [1.54, 1.807) is 11.8 Å². The molecule has 0 unspecified atom stereocenters. The highest BCUT2D eigenvalue weighted by molar-refractivity contribution is 5.66. The molecule has 18 heavy (non-hydrogen) atoms. The van der Waals surface area contributed by atoms with Crippen molar-refractivity contribution in [1.29, 1.82) is 0 Å². The molecule has 1 atom stereocenters. The van der Waals surface area contributed by atoms with E-state index in [0.29, 0.717) is 25.3 Å². The number of piperazine rings is 1. The number of anilines is 1. The first kappa shape index (κ1) is 12.2. The lowest BCUT2D eigenvalue weighted by molar-refractivity contribution is 0.122. The largest absolute Gasteiger partial charge is 0.465 e. The Balaban J connectivity index is 2.20. The summed E-state index contributed by atoms with van der Waals surface area (Å²) in [5, 5.41) is 8.95. The van der Waals surface area contributed by atoms with E-state index in [0.717, 1.165) is 0 Å². The maximum absolute atomic E-state index is 11.6. The van der Waals surface area contributed by atoms with Crippen molar-refractivity contribution in [3.8, 4) is 0 Å². The summed E-state index contributed by atoms with van der Waals surface area (Å²) in [6.45, 7) is 2.95. The van der Waals surface area contributed by atoms with Gasteiger partial charge in [0, 0.05) is 31.9 Å². The molecule has 0 radical (unpaired) electrons. The van der Waals surface area contributed by atoms with Crippen LogP contribution in [0, 0.1) is 0 Å². The van der Waals surface area contributed by atoms with Crippen LogP contribution in [0.1, 0.15) is 6.92 Å². The average molecular weight is 254 g/mol. The van der Waals surface area contributed by atoms with E-state index < -0.39 is 17.3 Å². The Bertz CT molecular complexity index is 563. The second-order valence-electron chi connectivity index (χ2n) is 4.23. The fourth-order valence-electron chi connectivity index (χ4n) is 2.10. The molecule has 0 aliphatic carbocycles. The van der Waals surface area contributed by atoms with Crippen molar-refractivity contribution in [2.75, 3.05) is 24.5 Å². The Kier molecular flexibility index (Phi) is 3.09. The molecule has 0 saturated carbocycles. The maximum Gasteiger partial charge on any atom is 0.407 e. The van der Waals surface area contributed by atoms with E-state index in [4.69, 9.17) is 5.11 Å². The third kappa shape index (κ3) is 2.22. The first-order valence-electron chi connectivity index (χ1n) is 5.55. The minimum atomic E-state index is -0.961. The molecule has 1 aliphatic heterocycles. The normalized spacial score (nSPS) is 19.9. The number of carbonyl (C=O) groups is 1. The van der Waals surface area contributed by atoms with Gasteiger partial charge in [-0.1, -0.05) is 0 Å². The van der Waals surface area contributed by atoms with Crippen LogP contribution in [-0.4, -0.2) is 51.7 Å². The average Bonchev–Trinajstić information content (AvgIpc) is 2.28. The van der Waals surface area contributed by atoms with Gasteiger partial charge in [-0.25, -0.2) is 9.59 Å². The fourth-order valence-corrected chi connectivity index (χ4v) is 2.10.